The largest absolute Gasteiger partial charge is 0.399 e. The van der Waals surface area contributed by atoms with Crippen LogP contribution in [0.5, 0.6) is 0 Å². The Balaban J connectivity index is 1.54. The molecule has 0 radical (unpaired) electrons. The number of hydrogen-bond donors (Lipinski definition) is 3. The number of ether oxygens (including phenoxy) is 1. The fourth-order valence-electron chi connectivity index (χ4n) is 2.37. The monoisotopic (exact) mass is 293 g/mol. The summed E-state index contributed by atoms with van der Waals surface area (Å²) in [6, 6.07) is 5.50. The zero-order valence-electron chi connectivity index (χ0n) is 12.8. The third-order valence-corrected chi connectivity index (χ3v) is 3.79. The lowest BCUT2D eigenvalue weighted by Crippen LogP contribution is -2.45. The van der Waals surface area contributed by atoms with Crippen molar-refractivity contribution in [3.8, 4) is 0 Å². The maximum atomic E-state index is 5.88. The number of anilines is 3. The third-order valence-electron chi connectivity index (χ3n) is 3.79. The van der Waals surface area contributed by atoms with Crippen molar-refractivity contribution in [1.82, 2.24) is 9.80 Å². The van der Waals surface area contributed by atoms with E-state index in [0.29, 0.717) is 18.0 Å². The minimum absolute atomic E-state index is 0.674. The molecule has 6 heteroatoms. The van der Waals surface area contributed by atoms with E-state index in [1.165, 1.54) is 0 Å². The molecule has 0 aromatic heterocycles. The highest BCUT2D eigenvalue weighted by molar-refractivity contribution is 5.70. The Kier molecular flexibility index (Phi) is 6.10. The summed E-state index contributed by atoms with van der Waals surface area (Å²) in [6.45, 7) is 7.80. The van der Waals surface area contributed by atoms with E-state index in [-0.39, 0.29) is 0 Å². The number of nitrogen functional groups attached to an aromatic ring is 2. The van der Waals surface area contributed by atoms with Gasteiger partial charge in [-0.2, -0.15) is 0 Å². The molecule has 0 saturated carbocycles. The normalized spacial score (nSPS) is 17.0. The fraction of sp³-hybridized carbons (Fsp3) is 0.600. The summed E-state index contributed by atoms with van der Waals surface area (Å²) >= 11 is 0. The molecule has 1 aromatic rings. The molecule has 118 valence electrons. The van der Waals surface area contributed by atoms with Crippen LogP contribution >= 0.6 is 0 Å². The van der Waals surface area contributed by atoms with Crippen LogP contribution in [0.3, 0.4) is 0 Å². The van der Waals surface area contributed by atoms with Crippen molar-refractivity contribution < 1.29 is 4.74 Å². The van der Waals surface area contributed by atoms with Gasteiger partial charge in [0.1, 0.15) is 0 Å². The van der Waals surface area contributed by atoms with Gasteiger partial charge in [0.2, 0.25) is 0 Å². The molecule has 0 atom stereocenters. The predicted octanol–water partition coefficient (Wildman–Crippen LogP) is 0.527. The van der Waals surface area contributed by atoms with Crippen molar-refractivity contribution in [2.45, 2.75) is 0 Å². The number of rotatable bonds is 7. The summed E-state index contributed by atoms with van der Waals surface area (Å²) in [4.78, 5) is 4.81. The number of likely N-dealkylation sites (N-methyl/N-ethyl adjacent to an activating group) is 1. The van der Waals surface area contributed by atoms with Crippen LogP contribution in [0.4, 0.5) is 17.1 Å². The van der Waals surface area contributed by atoms with Gasteiger partial charge >= 0.3 is 0 Å². The molecule has 1 aliphatic rings. The number of piperazine rings is 1. The van der Waals surface area contributed by atoms with Crippen molar-refractivity contribution in [1.29, 1.82) is 0 Å². The summed E-state index contributed by atoms with van der Waals surface area (Å²) in [5.41, 5.74) is 13.8. The highest BCUT2D eigenvalue weighted by atomic mass is 16.5. The van der Waals surface area contributed by atoms with E-state index in [0.717, 1.165) is 51.6 Å². The average Bonchev–Trinajstić information content (AvgIpc) is 2.46. The van der Waals surface area contributed by atoms with Gasteiger partial charge in [0, 0.05) is 45.0 Å². The van der Waals surface area contributed by atoms with Crippen LogP contribution in [0.2, 0.25) is 0 Å². The molecular formula is C15H27N5O. The molecule has 1 fully saturated rings. The van der Waals surface area contributed by atoms with E-state index in [1.54, 1.807) is 6.07 Å². The molecule has 0 aliphatic carbocycles. The van der Waals surface area contributed by atoms with Crippen LogP contribution in [-0.2, 0) is 4.74 Å². The van der Waals surface area contributed by atoms with Gasteiger partial charge in [0.05, 0.1) is 24.6 Å². The van der Waals surface area contributed by atoms with Crippen molar-refractivity contribution in [3.05, 3.63) is 18.2 Å². The molecule has 1 aromatic carbocycles. The molecule has 1 heterocycles. The van der Waals surface area contributed by atoms with Crippen molar-refractivity contribution in [3.63, 3.8) is 0 Å². The van der Waals surface area contributed by atoms with Gasteiger partial charge in [-0.1, -0.05) is 0 Å². The molecule has 1 aliphatic heterocycles. The molecule has 0 amide bonds. The summed E-state index contributed by atoms with van der Waals surface area (Å²) in [6.07, 6.45) is 0. The second kappa shape index (κ2) is 8.07. The van der Waals surface area contributed by atoms with E-state index >= 15 is 0 Å². The highest BCUT2D eigenvalue weighted by Gasteiger charge is 2.12. The zero-order valence-corrected chi connectivity index (χ0v) is 12.8. The van der Waals surface area contributed by atoms with E-state index in [2.05, 4.69) is 22.2 Å². The Morgan fingerprint density at radius 1 is 1.14 bits per heavy atom. The van der Waals surface area contributed by atoms with Crippen LogP contribution in [0.25, 0.3) is 0 Å². The van der Waals surface area contributed by atoms with E-state index < -0.39 is 0 Å². The number of benzene rings is 1. The maximum Gasteiger partial charge on any atom is 0.0639 e. The molecule has 1 saturated heterocycles. The molecule has 5 N–H and O–H groups in total. The van der Waals surface area contributed by atoms with Crippen LogP contribution < -0.4 is 16.8 Å². The summed E-state index contributed by atoms with van der Waals surface area (Å²) in [7, 11) is 2.17. The lowest BCUT2D eigenvalue weighted by molar-refractivity contribution is 0.0866. The van der Waals surface area contributed by atoms with Crippen molar-refractivity contribution in [2.24, 2.45) is 0 Å². The third kappa shape index (κ3) is 5.41. The minimum atomic E-state index is 0.674. The number of nitrogens with one attached hydrogen (secondary N) is 1. The fourth-order valence-corrected chi connectivity index (χ4v) is 2.37. The number of hydrogen-bond acceptors (Lipinski definition) is 6. The zero-order chi connectivity index (χ0) is 15.1. The van der Waals surface area contributed by atoms with Crippen LogP contribution in [0.1, 0.15) is 0 Å². The standard InChI is InChI=1S/C15H27N5O/c1-19-5-7-20(8-6-19)9-11-21-10-4-18-15-3-2-13(16)12-14(15)17/h2-3,12,18H,4-11,16-17H2,1H3. The molecule has 0 spiro atoms. The first-order valence-electron chi connectivity index (χ1n) is 7.52. The second-order valence-corrected chi connectivity index (χ2v) is 5.53. The predicted molar refractivity (Wildman–Crippen MR) is 88.5 cm³/mol. The average molecular weight is 293 g/mol. The van der Waals surface area contributed by atoms with Gasteiger partial charge in [-0.05, 0) is 25.2 Å². The second-order valence-electron chi connectivity index (χ2n) is 5.53. The maximum absolute atomic E-state index is 5.88. The summed E-state index contributed by atoms with van der Waals surface area (Å²) < 4.78 is 5.67. The Bertz CT molecular complexity index is 432. The molecule has 0 unspecified atom stereocenters. The first-order chi connectivity index (χ1) is 10.1. The van der Waals surface area contributed by atoms with Gasteiger partial charge < -0.3 is 26.4 Å². The first kappa shape index (κ1) is 15.9. The van der Waals surface area contributed by atoms with Crippen LogP contribution in [0.15, 0.2) is 18.2 Å². The SMILES string of the molecule is CN1CCN(CCOCCNc2ccc(N)cc2N)CC1. The van der Waals surface area contributed by atoms with E-state index in [1.807, 2.05) is 12.1 Å². The Labute approximate surface area is 127 Å². The molecule has 2 rings (SSSR count). The van der Waals surface area contributed by atoms with Crippen molar-refractivity contribution >= 4 is 17.1 Å². The summed E-state index contributed by atoms with van der Waals surface area (Å²) in [5.74, 6) is 0. The molecule has 0 bridgehead atoms. The van der Waals surface area contributed by atoms with Gasteiger partial charge in [-0.15, -0.1) is 0 Å². The van der Waals surface area contributed by atoms with Gasteiger partial charge in [0.15, 0.2) is 0 Å². The van der Waals surface area contributed by atoms with E-state index in [4.69, 9.17) is 16.2 Å². The van der Waals surface area contributed by atoms with Gasteiger partial charge in [-0.25, -0.2) is 0 Å². The molecule has 6 nitrogen and oxygen atoms in total. The van der Waals surface area contributed by atoms with E-state index in [9.17, 15) is 0 Å². The highest BCUT2D eigenvalue weighted by Crippen LogP contribution is 2.20. The Hall–Kier alpha value is -1.50. The quantitative estimate of drug-likeness (QED) is 0.503. The topological polar surface area (TPSA) is 79.8 Å². The lowest BCUT2D eigenvalue weighted by atomic mass is 10.2. The van der Waals surface area contributed by atoms with Crippen LogP contribution in [-0.4, -0.2) is 69.3 Å². The summed E-state index contributed by atoms with van der Waals surface area (Å²) in [5, 5.41) is 3.26. The Morgan fingerprint density at radius 3 is 2.62 bits per heavy atom. The minimum Gasteiger partial charge on any atom is -0.399 e. The van der Waals surface area contributed by atoms with Crippen LogP contribution in [0, 0.1) is 0 Å². The van der Waals surface area contributed by atoms with Crippen molar-refractivity contribution in [2.75, 3.05) is 76.3 Å². The van der Waals surface area contributed by atoms with Gasteiger partial charge in [0.25, 0.3) is 0 Å². The Morgan fingerprint density at radius 2 is 1.90 bits per heavy atom. The smallest absolute Gasteiger partial charge is 0.0639 e. The molecular weight excluding hydrogens is 266 g/mol. The lowest BCUT2D eigenvalue weighted by Gasteiger charge is -2.32. The molecule has 21 heavy (non-hydrogen) atoms. The van der Waals surface area contributed by atoms with Gasteiger partial charge in [-0.3, -0.25) is 4.90 Å². The first-order valence-corrected chi connectivity index (χ1v) is 7.52. The number of nitrogens with zero attached hydrogens (tertiary/aromatic N) is 2. The number of nitrogens with two attached hydrogens (primary N) is 2.